The molecule has 4 heteroatoms. The predicted molar refractivity (Wildman–Crippen MR) is 82.9 cm³/mol. The van der Waals surface area contributed by atoms with E-state index in [0.717, 1.165) is 18.5 Å². The third kappa shape index (κ3) is 3.27. The van der Waals surface area contributed by atoms with Crippen molar-refractivity contribution in [2.24, 2.45) is 0 Å². The number of hydrogen-bond acceptors (Lipinski definition) is 3. The molecule has 0 saturated carbocycles. The van der Waals surface area contributed by atoms with Crippen molar-refractivity contribution in [2.75, 3.05) is 5.32 Å². The molecule has 21 heavy (non-hydrogen) atoms. The normalized spacial score (nSPS) is 10.6. The fourth-order valence-corrected chi connectivity index (χ4v) is 2.49. The van der Waals surface area contributed by atoms with Crippen molar-refractivity contribution in [3.8, 4) is 0 Å². The SMILES string of the molecule is CCc1cccc(CC)c1NCc1cc(C(=O)O)c(C)o1. The first kappa shape index (κ1) is 15.2. The van der Waals surface area contributed by atoms with Crippen molar-refractivity contribution in [3.05, 3.63) is 52.5 Å². The van der Waals surface area contributed by atoms with E-state index in [1.54, 1.807) is 13.0 Å². The lowest BCUT2D eigenvalue weighted by Gasteiger charge is -2.14. The van der Waals surface area contributed by atoms with Crippen LogP contribution in [0.2, 0.25) is 0 Å². The quantitative estimate of drug-likeness (QED) is 0.842. The van der Waals surface area contributed by atoms with Gasteiger partial charge in [-0.25, -0.2) is 4.79 Å². The highest BCUT2D eigenvalue weighted by atomic mass is 16.4. The van der Waals surface area contributed by atoms with Gasteiger partial charge in [-0.2, -0.15) is 0 Å². The smallest absolute Gasteiger partial charge is 0.339 e. The van der Waals surface area contributed by atoms with Gasteiger partial charge in [0.2, 0.25) is 0 Å². The van der Waals surface area contributed by atoms with Crippen molar-refractivity contribution < 1.29 is 14.3 Å². The lowest BCUT2D eigenvalue weighted by molar-refractivity contribution is 0.0695. The number of furan rings is 1. The van der Waals surface area contributed by atoms with Crippen molar-refractivity contribution in [3.63, 3.8) is 0 Å². The average Bonchev–Trinajstić information content (AvgIpc) is 2.85. The number of anilines is 1. The largest absolute Gasteiger partial charge is 0.478 e. The average molecular weight is 287 g/mol. The van der Waals surface area contributed by atoms with E-state index in [1.165, 1.54) is 11.1 Å². The van der Waals surface area contributed by atoms with Crippen LogP contribution in [0.1, 0.15) is 46.9 Å². The first-order valence-corrected chi connectivity index (χ1v) is 7.24. The van der Waals surface area contributed by atoms with E-state index in [9.17, 15) is 4.79 Å². The second-order valence-corrected chi connectivity index (χ2v) is 5.00. The lowest BCUT2D eigenvalue weighted by Crippen LogP contribution is -2.04. The number of aromatic carboxylic acids is 1. The zero-order valence-corrected chi connectivity index (χ0v) is 12.7. The first-order valence-electron chi connectivity index (χ1n) is 7.24. The molecule has 0 fully saturated rings. The van der Waals surface area contributed by atoms with Crippen LogP contribution < -0.4 is 5.32 Å². The van der Waals surface area contributed by atoms with E-state index < -0.39 is 5.97 Å². The Morgan fingerprint density at radius 3 is 2.33 bits per heavy atom. The molecule has 0 aliphatic heterocycles. The Kier molecular flexibility index (Phi) is 4.68. The molecular weight excluding hydrogens is 266 g/mol. The molecule has 2 aromatic rings. The van der Waals surface area contributed by atoms with Gasteiger partial charge < -0.3 is 14.8 Å². The molecule has 0 bridgehead atoms. The Labute approximate surface area is 124 Å². The molecule has 4 nitrogen and oxygen atoms in total. The Morgan fingerprint density at radius 2 is 1.86 bits per heavy atom. The summed E-state index contributed by atoms with van der Waals surface area (Å²) in [5, 5.41) is 12.4. The monoisotopic (exact) mass is 287 g/mol. The van der Waals surface area contributed by atoms with Crippen molar-refractivity contribution >= 4 is 11.7 Å². The molecule has 0 saturated heterocycles. The van der Waals surface area contributed by atoms with Crippen LogP contribution in [-0.4, -0.2) is 11.1 Å². The summed E-state index contributed by atoms with van der Waals surface area (Å²) in [7, 11) is 0. The van der Waals surface area contributed by atoms with Crippen molar-refractivity contribution in [1.29, 1.82) is 0 Å². The summed E-state index contributed by atoms with van der Waals surface area (Å²) in [4.78, 5) is 11.0. The third-order valence-electron chi connectivity index (χ3n) is 3.64. The highest BCUT2D eigenvalue weighted by Gasteiger charge is 2.14. The van der Waals surface area contributed by atoms with Gasteiger partial charge in [0.15, 0.2) is 0 Å². The van der Waals surface area contributed by atoms with Crippen LogP contribution in [0.5, 0.6) is 0 Å². The Hall–Kier alpha value is -2.23. The molecule has 1 aromatic heterocycles. The maximum atomic E-state index is 11.0. The third-order valence-corrected chi connectivity index (χ3v) is 3.64. The zero-order chi connectivity index (χ0) is 15.4. The van der Waals surface area contributed by atoms with Crippen LogP contribution in [0.15, 0.2) is 28.7 Å². The summed E-state index contributed by atoms with van der Waals surface area (Å²) in [5.41, 5.74) is 3.88. The highest BCUT2D eigenvalue weighted by Crippen LogP contribution is 2.24. The van der Waals surface area contributed by atoms with Crippen molar-refractivity contribution in [2.45, 2.75) is 40.2 Å². The molecule has 0 radical (unpaired) electrons. The second kappa shape index (κ2) is 6.48. The van der Waals surface area contributed by atoms with Gasteiger partial charge in [0.1, 0.15) is 17.1 Å². The maximum absolute atomic E-state index is 11.0. The fraction of sp³-hybridized carbons (Fsp3) is 0.353. The molecule has 0 unspecified atom stereocenters. The zero-order valence-electron chi connectivity index (χ0n) is 12.7. The minimum Gasteiger partial charge on any atom is -0.478 e. The van der Waals surface area contributed by atoms with Crippen LogP contribution in [0.25, 0.3) is 0 Å². The van der Waals surface area contributed by atoms with Crippen LogP contribution >= 0.6 is 0 Å². The van der Waals surface area contributed by atoms with E-state index in [1.807, 2.05) is 0 Å². The summed E-state index contributed by atoms with van der Waals surface area (Å²) >= 11 is 0. The molecule has 0 amide bonds. The maximum Gasteiger partial charge on any atom is 0.339 e. The number of aryl methyl sites for hydroxylation is 3. The standard InChI is InChI=1S/C17H21NO3/c1-4-12-7-6-8-13(5-2)16(12)18-10-14-9-15(17(19)20)11(3)21-14/h6-9,18H,4-5,10H2,1-3H3,(H,19,20). The Morgan fingerprint density at radius 1 is 1.24 bits per heavy atom. The van der Waals surface area contributed by atoms with Gasteiger partial charge in [-0.15, -0.1) is 0 Å². The van der Waals surface area contributed by atoms with Gasteiger partial charge in [0, 0.05) is 5.69 Å². The van der Waals surface area contributed by atoms with Gasteiger partial charge in [0.05, 0.1) is 6.54 Å². The molecule has 0 aliphatic carbocycles. The van der Waals surface area contributed by atoms with Crippen LogP contribution in [-0.2, 0) is 19.4 Å². The van der Waals surface area contributed by atoms with Gasteiger partial charge >= 0.3 is 5.97 Å². The lowest BCUT2D eigenvalue weighted by atomic mass is 10.0. The van der Waals surface area contributed by atoms with E-state index in [-0.39, 0.29) is 5.56 Å². The number of carbonyl (C=O) groups is 1. The van der Waals surface area contributed by atoms with Crippen LogP contribution in [0, 0.1) is 6.92 Å². The molecule has 1 aromatic carbocycles. The van der Waals surface area contributed by atoms with Crippen LogP contribution in [0.4, 0.5) is 5.69 Å². The molecule has 0 atom stereocenters. The molecule has 0 spiro atoms. The van der Waals surface area contributed by atoms with E-state index in [2.05, 4.69) is 37.4 Å². The Balaban J connectivity index is 2.20. The van der Waals surface area contributed by atoms with Gasteiger partial charge in [0.25, 0.3) is 0 Å². The minimum atomic E-state index is -0.953. The number of carboxylic acids is 1. The van der Waals surface area contributed by atoms with Crippen molar-refractivity contribution in [1.82, 2.24) is 0 Å². The molecular formula is C17H21NO3. The summed E-state index contributed by atoms with van der Waals surface area (Å²) in [6.07, 6.45) is 1.90. The number of nitrogens with one attached hydrogen (secondary N) is 1. The molecule has 2 N–H and O–H groups in total. The summed E-state index contributed by atoms with van der Waals surface area (Å²) in [6.45, 7) is 6.40. The van der Waals surface area contributed by atoms with Gasteiger partial charge in [-0.1, -0.05) is 32.0 Å². The predicted octanol–water partition coefficient (Wildman–Crippen LogP) is 4.02. The number of carboxylic acid groups (broad SMARTS) is 1. The van der Waals surface area contributed by atoms with Gasteiger partial charge in [-0.3, -0.25) is 0 Å². The first-order chi connectivity index (χ1) is 10.1. The number of hydrogen-bond donors (Lipinski definition) is 2. The number of para-hydroxylation sites is 1. The summed E-state index contributed by atoms with van der Waals surface area (Å²) in [5.74, 6) is 0.127. The molecule has 0 aliphatic rings. The van der Waals surface area contributed by atoms with Gasteiger partial charge in [-0.05, 0) is 37.0 Å². The Bertz CT molecular complexity index is 621. The number of rotatable bonds is 6. The minimum absolute atomic E-state index is 0.228. The molecule has 1 heterocycles. The van der Waals surface area contributed by atoms with E-state index in [4.69, 9.17) is 9.52 Å². The molecule has 112 valence electrons. The van der Waals surface area contributed by atoms with Crippen LogP contribution in [0.3, 0.4) is 0 Å². The second-order valence-electron chi connectivity index (χ2n) is 5.00. The molecule has 2 rings (SSSR count). The fourth-order valence-electron chi connectivity index (χ4n) is 2.49. The number of benzene rings is 1. The highest BCUT2D eigenvalue weighted by molar-refractivity contribution is 5.88. The van der Waals surface area contributed by atoms with E-state index >= 15 is 0 Å². The summed E-state index contributed by atoms with van der Waals surface area (Å²) in [6, 6.07) is 7.88. The van der Waals surface area contributed by atoms with E-state index in [0.29, 0.717) is 18.1 Å². The summed E-state index contributed by atoms with van der Waals surface area (Å²) < 4.78 is 5.50. The topological polar surface area (TPSA) is 62.5 Å².